The van der Waals surface area contributed by atoms with Gasteiger partial charge in [-0.3, -0.25) is 14.4 Å². The normalized spacial score (nSPS) is 21.9. The molecule has 0 spiro atoms. The van der Waals surface area contributed by atoms with Crippen molar-refractivity contribution in [3.8, 4) is 0 Å². The zero-order valence-electron chi connectivity index (χ0n) is 19.3. The van der Waals surface area contributed by atoms with Crippen LogP contribution in [-0.4, -0.2) is 58.2 Å². The molecule has 0 aromatic carbocycles. The Bertz CT molecular complexity index is 663. The fraction of sp³-hybridized carbons (Fsp3) is 0.708. The van der Waals surface area contributed by atoms with E-state index in [1.165, 1.54) is 18.9 Å². The summed E-state index contributed by atoms with van der Waals surface area (Å²) in [5.74, 6) is -1.13. The Morgan fingerprint density at radius 3 is 2.66 bits per heavy atom. The molecule has 0 aromatic heterocycles. The number of allylic oxidation sites excluding steroid dienone is 3. The van der Waals surface area contributed by atoms with Crippen molar-refractivity contribution in [3.05, 3.63) is 23.8 Å². The van der Waals surface area contributed by atoms with Gasteiger partial charge in [0.25, 0.3) is 0 Å². The van der Waals surface area contributed by atoms with Crippen LogP contribution in [0.5, 0.6) is 0 Å². The summed E-state index contributed by atoms with van der Waals surface area (Å²) in [6, 6.07) is -0.970. The van der Waals surface area contributed by atoms with Gasteiger partial charge in [-0.2, -0.15) is 11.8 Å². The summed E-state index contributed by atoms with van der Waals surface area (Å²) < 4.78 is 4.64. The topological polar surface area (TPSA) is 127 Å². The van der Waals surface area contributed by atoms with E-state index in [4.69, 9.17) is 10.8 Å². The molecule has 1 fully saturated rings. The summed E-state index contributed by atoms with van der Waals surface area (Å²) in [5.41, 5.74) is 6.38. The van der Waals surface area contributed by atoms with Crippen molar-refractivity contribution < 1.29 is 29.3 Å². The zero-order chi connectivity index (χ0) is 23.9. The minimum Gasteiger partial charge on any atom is -0.480 e. The second-order valence-corrected chi connectivity index (χ2v) is 9.52. The predicted molar refractivity (Wildman–Crippen MR) is 127 cm³/mol. The number of aliphatic carboxylic acids is 1. The van der Waals surface area contributed by atoms with Gasteiger partial charge >= 0.3 is 11.9 Å². The van der Waals surface area contributed by atoms with Gasteiger partial charge in [0.05, 0.1) is 13.2 Å². The Labute approximate surface area is 195 Å². The van der Waals surface area contributed by atoms with Crippen LogP contribution in [0.1, 0.15) is 71.1 Å². The summed E-state index contributed by atoms with van der Waals surface area (Å²) >= 11 is 1.41. The maximum atomic E-state index is 12.7. The maximum Gasteiger partial charge on any atom is 0.321 e. The summed E-state index contributed by atoms with van der Waals surface area (Å²) in [6.07, 6.45) is 12.9. The maximum absolute atomic E-state index is 12.7. The van der Waals surface area contributed by atoms with Gasteiger partial charge in [0.1, 0.15) is 6.04 Å². The Balaban J connectivity index is 2.76. The van der Waals surface area contributed by atoms with Crippen molar-refractivity contribution >= 4 is 29.5 Å². The molecule has 7 nitrogen and oxygen atoms in total. The molecule has 1 saturated carbocycles. The van der Waals surface area contributed by atoms with Gasteiger partial charge in [-0.1, -0.05) is 50.8 Å². The van der Waals surface area contributed by atoms with Crippen LogP contribution in [0.4, 0.5) is 0 Å². The smallest absolute Gasteiger partial charge is 0.321 e. The minimum atomic E-state index is -1.05. The second kappa shape index (κ2) is 16.0. The molecule has 32 heavy (non-hydrogen) atoms. The molecule has 4 N–H and O–H groups in total. The van der Waals surface area contributed by atoms with Crippen LogP contribution in [0.3, 0.4) is 0 Å². The van der Waals surface area contributed by atoms with E-state index in [0.29, 0.717) is 19.3 Å². The van der Waals surface area contributed by atoms with Crippen LogP contribution >= 0.6 is 11.8 Å². The van der Waals surface area contributed by atoms with E-state index in [0.717, 1.165) is 50.5 Å². The first kappa shape index (κ1) is 28.4. The molecule has 1 aliphatic rings. The Morgan fingerprint density at radius 2 is 2.00 bits per heavy atom. The van der Waals surface area contributed by atoms with Crippen molar-refractivity contribution in [1.29, 1.82) is 0 Å². The first-order valence-corrected chi connectivity index (χ1v) is 12.6. The molecular weight excluding hydrogens is 430 g/mol. The SMILES string of the molecule is CCCCC[C@H](O)/C=C/[C@@H]1/C(=C/CCCCCC(=O)OC)C(=O)C[C@H]1SCC(N)C(=O)O. The van der Waals surface area contributed by atoms with Gasteiger partial charge in [0.15, 0.2) is 5.78 Å². The van der Waals surface area contributed by atoms with Crippen molar-refractivity contribution in [1.82, 2.24) is 0 Å². The standard InChI is InChI=1S/C24H39NO6S/c1-3-4-7-10-17(26)13-14-19-18(11-8-5-6-9-12-23(28)31-2)21(27)15-22(19)32-16-20(25)24(29)30/h11,13-14,17,19-20,22,26H,3-10,12,15-16,25H2,1-2H3,(H,29,30)/b14-13+,18-11-/t17-,19+,20?,22+/m0/s1. The fourth-order valence-electron chi connectivity index (χ4n) is 3.65. The molecule has 182 valence electrons. The number of carbonyl (C=O) groups excluding carboxylic acids is 2. The number of hydrogen-bond acceptors (Lipinski definition) is 7. The molecule has 0 saturated heterocycles. The molecule has 0 bridgehead atoms. The Hall–Kier alpha value is -1.64. The molecule has 1 unspecified atom stereocenters. The quantitative estimate of drug-likeness (QED) is 0.135. The van der Waals surface area contributed by atoms with E-state index >= 15 is 0 Å². The summed E-state index contributed by atoms with van der Waals surface area (Å²) in [6.45, 7) is 2.11. The number of hydrogen-bond donors (Lipinski definition) is 3. The number of methoxy groups -OCH3 is 1. The lowest BCUT2D eigenvalue weighted by Gasteiger charge is -2.18. The molecular formula is C24H39NO6S. The van der Waals surface area contributed by atoms with Gasteiger partial charge in [0.2, 0.25) is 0 Å². The lowest BCUT2D eigenvalue weighted by atomic mass is 9.98. The number of carbonyl (C=O) groups is 3. The van der Waals surface area contributed by atoms with Crippen molar-refractivity contribution in [2.45, 2.75) is 88.5 Å². The van der Waals surface area contributed by atoms with E-state index in [9.17, 15) is 19.5 Å². The number of thioether (sulfide) groups is 1. The molecule has 0 radical (unpaired) electrons. The number of aliphatic hydroxyl groups is 1. The average molecular weight is 470 g/mol. The van der Waals surface area contributed by atoms with Crippen LogP contribution in [0, 0.1) is 5.92 Å². The first-order valence-electron chi connectivity index (χ1n) is 11.6. The lowest BCUT2D eigenvalue weighted by Crippen LogP contribution is -2.33. The number of aliphatic hydroxyl groups excluding tert-OH is 1. The molecule has 1 aliphatic carbocycles. The van der Waals surface area contributed by atoms with Crippen molar-refractivity contribution in [2.24, 2.45) is 11.7 Å². The number of rotatable bonds is 16. The van der Waals surface area contributed by atoms with Crippen LogP contribution < -0.4 is 5.73 Å². The van der Waals surface area contributed by atoms with Gasteiger partial charge in [-0.15, -0.1) is 0 Å². The van der Waals surface area contributed by atoms with E-state index in [-0.39, 0.29) is 28.7 Å². The number of ether oxygens (including phenoxy) is 1. The van der Waals surface area contributed by atoms with Crippen LogP contribution in [0.2, 0.25) is 0 Å². The fourth-order valence-corrected chi connectivity index (χ4v) is 4.96. The number of unbranched alkanes of at least 4 members (excludes halogenated alkanes) is 5. The monoisotopic (exact) mass is 469 g/mol. The van der Waals surface area contributed by atoms with Gasteiger partial charge in [0, 0.05) is 29.8 Å². The average Bonchev–Trinajstić information content (AvgIpc) is 3.06. The number of esters is 1. The third-order valence-corrected chi connectivity index (χ3v) is 7.04. The Morgan fingerprint density at radius 1 is 1.25 bits per heavy atom. The summed E-state index contributed by atoms with van der Waals surface area (Å²) in [7, 11) is 1.38. The highest BCUT2D eigenvalue weighted by Gasteiger charge is 2.36. The minimum absolute atomic E-state index is 0.0658. The number of ketones is 1. The van der Waals surface area contributed by atoms with E-state index in [1.54, 1.807) is 6.08 Å². The third kappa shape index (κ3) is 10.8. The molecule has 0 amide bonds. The number of carboxylic acids is 1. The highest BCUT2D eigenvalue weighted by molar-refractivity contribution is 8.00. The highest BCUT2D eigenvalue weighted by atomic mass is 32.2. The van der Waals surface area contributed by atoms with Crippen molar-refractivity contribution in [2.75, 3.05) is 12.9 Å². The number of Topliss-reactive ketones (excluding diaryl/α,β-unsaturated/α-hetero) is 1. The first-order chi connectivity index (χ1) is 15.3. The molecule has 0 heterocycles. The Kier molecular flexibility index (Phi) is 14.2. The molecule has 4 atom stereocenters. The van der Waals surface area contributed by atoms with E-state index in [1.807, 2.05) is 12.2 Å². The van der Waals surface area contributed by atoms with Crippen LogP contribution in [-0.2, 0) is 19.1 Å². The van der Waals surface area contributed by atoms with Gasteiger partial charge < -0.3 is 20.7 Å². The van der Waals surface area contributed by atoms with Crippen LogP contribution in [0.15, 0.2) is 23.8 Å². The largest absolute Gasteiger partial charge is 0.480 e. The number of carboxylic acid groups (broad SMARTS) is 1. The third-order valence-electron chi connectivity index (χ3n) is 5.60. The second-order valence-electron chi connectivity index (χ2n) is 8.25. The highest BCUT2D eigenvalue weighted by Crippen LogP contribution is 2.38. The van der Waals surface area contributed by atoms with E-state index < -0.39 is 18.1 Å². The molecule has 1 rings (SSSR count). The van der Waals surface area contributed by atoms with Gasteiger partial charge in [-0.05, 0) is 31.3 Å². The summed E-state index contributed by atoms with van der Waals surface area (Å²) in [5, 5.41) is 19.2. The van der Waals surface area contributed by atoms with Crippen molar-refractivity contribution in [3.63, 3.8) is 0 Å². The lowest BCUT2D eigenvalue weighted by molar-refractivity contribution is -0.141. The zero-order valence-corrected chi connectivity index (χ0v) is 20.1. The molecule has 0 aromatic rings. The van der Waals surface area contributed by atoms with Crippen LogP contribution in [0.25, 0.3) is 0 Å². The molecule has 0 aliphatic heterocycles. The predicted octanol–water partition coefficient (Wildman–Crippen LogP) is 3.64. The summed E-state index contributed by atoms with van der Waals surface area (Å²) in [4.78, 5) is 34.9. The number of nitrogens with two attached hydrogens (primary N) is 1. The van der Waals surface area contributed by atoms with Gasteiger partial charge in [-0.25, -0.2) is 0 Å². The van der Waals surface area contributed by atoms with E-state index in [2.05, 4.69) is 11.7 Å². The molecule has 8 heteroatoms.